The van der Waals surface area contributed by atoms with Crippen LogP contribution in [-0.4, -0.2) is 132 Å². The smallest absolute Gasteiger partial charge is 0.342 e. The van der Waals surface area contributed by atoms with Crippen molar-refractivity contribution in [1.82, 2.24) is 40.9 Å². The first-order valence-corrected chi connectivity index (χ1v) is 26.9. The number of nitrogens with zero attached hydrogens (tertiary/aromatic N) is 4. The third-order valence-electron chi connectivity index (χ3n) is 14.6. The predicted octanol–water partition coefficient (Wildman–Crippen LogP) is 8.46. The van der Waals surface area contributed by atoms with Gasteiger partial charge in [-0.1, -0.05) is 91.5 Å². The second-order valence-electron chi connectivity index (χ2n) is 22.9. The van der Waals surface area contributed by atoms with Crippen LogP contribution in [0.2, 0.25) is 0 Å². The van der Waals surface area contributed by atoms with Crippen molar-refractivity contribution in [2.45, 2.75) is 194 Å². The van der Waals surface area contributed by atoms with Crippen LogP contribution in [0, 0.1) is 10.8 Å². The molecule has 0 spiro atoms. The maximum atomic E-state index is 14.2. The molecule has 20 heteroatoms. The summed E-state index contributed by atoms with van der Waals surface area (Å²) in [6.07, 6.45) is -2.79. The van der Waals surface area contributed by atoms with Crippen molar-refractivity contribution in [2.24, 2.45) is 10.8 Å². The minimum atomic E-state index is -4.58. The zero-order chi connectivity index (χ0) is 56.8. The number of rotatable bonds is 25. The molecule has 2 aromatic carbocycles. The minimum Gasteiger partial charge on any atom is -0.342 e. The lowest BCUT2D eigenvalue weighted by molar-refractivity contribution is -0.142. The number of amides is 6. The van der Waals surface area contributed by atoms with E-state index in [2.05, 4.69) is 21.3 Å². The summed E-state index contributed by atoms with van der Waals surface area (Å²) >= 11 is 0. The van der Waals surface area contributed by atoms with Crippen molar-refractivity contribution in [3.63, 3.8) is 0 Å². The molecule has 6 atom stereocenters. The van der Waals surface area contributed by atoms with Crippen molar-refractivity contribution in [3.8, 4) is 0 Å². The fraction of sp³-hybridized carbons (Fsp3) is 0.679. The summed E-state index contributed by atoms with van der Waals surface area (Å²) in [6.45, 7) is 15.3. The molecule has 14 nitrogen and oxygen atoms in total. The Morgan fingerprint density at radius 1 is 0.566 bits per heavy atom. The molecular formula is C56H84F6N8O6. The summed E-state index contributed by atoms with van der Waals surface area (Å²) < 4.78 is 82.6. The molecule has 0 saturated carbocycles. The van der Waals surface area contributed by atoms with Gasteiger partial charge < -0.3 is 40.9 Å². The number of hydrogen-bond donors (Lipinski definition) is 4. The zero-order valence-corrected chi connectivity index (χ0v) is 46.3. The molecule has 2 fully saturated rings. The highest BCUT2D eigenvalue weighted by molar-refractivity contribution is 5.91. The highest BCUT2D eigenvalue weighted by Gasteiger charge is 2.43. The van der Waals surface area contributed by atoms with E-state index < -0.39 is 70.6 Å². The number of unbranched alkanes of at least 4 members (excludes halogenated alkanes) is 5. The number of benzene rings is 2. The molecule has 76 heavy (non-hydrogen) atoms. The summed E-state index contributed by atoms with van der Waals surface area (Å²) in [6, 6.07) is 6.02. The van der Waals surface area contributed by atoms with Gasteiger partial charge in [0.15, 0.2) is 0 Å². The number of alkyl halides is 6. The van der Waals surface area contributed by atoms with Crippen LogP contribution < -0.4 is 21.3 Å². The highest BCUT2D eigenvalue weighted by atomic mass is 19.4. The first-order chi connectivity index (χ1) is 35.5. The lowest BCUT2D eigenvalue weighted by Crippen LogP contribution is -2.59. The number of likely N-dealkylation sites (tertiary alicyclic amines) is 2. The van der Waals surface area contributed by atoms with Crippen molar-refractivity contribution in [3.05, 3.63) is 70.8 Å². The fourth-order valence-electron chi connectivity index (χ4n) is 9.78. The van der Waals surface area contributed by atoms with E-state index in [1.807, 2.05) is 41.5 Å². The Kier molecular flexibility index (Phi) is 23.2. The summed E-state index contributed by atoms with van der Waals surface area (Å²) in [4.78, 5) is 88.8. The zero-order valence-electron chi connectivity index (χ0n) is 46.3. The molecule has 4 rings (SSSR count). The molecule has 0 radical (unpaired) electrons. The first-order valence-electron chi connectivity index (χ1n) is 26.9. The fourth-order valence-corrected chi connectivity index (χ4v) is 9.78. The molecule has 2 aromatic rings. The van der Waals surface area contributed by atoms with E-state index in [1.54, 1.807) is 49.9 Å². The second kappa shape index (κ2) is 27.9. The van der Waals surface area contributed by atoms with Gasteiger partial charge in [-0.05, 0) is 113 Å². The molecule has 2 saturated heterocycles. The third kappa shape index (κ3) is 18.7. The Morgan fingerprint density at radius 3 is 1.22 bits per heavy atom. The number of likely N-dealkylation sites (N-methyl/N-ethyl adjacent to an activating group) is 2. The molecule has 0 aliphatic carbocycles. The van der Waals surface area contributed by atoms with Gasteiger partial charge in [-0.15, -0.1) is 0 Å². The molecule has 2 aliphatic heterocycles. The molecule has 0 aromatic heterocycles. The highest BCUT2D eigenvalue weighted by Crippen LogP contribution is 2.33. The van der Waals surface area contributed by atoms with Crippen LogP contribution in [0.25, 0.3) is 0 Å². The standard InChI is InChI=1S/C56H84F6N8O6/c1-37(63-9)49(73)65-47(53(3,4)5)51(75)69-29-19-25-43(69)35-67(33-39-21-17-23-41(31-39)55(57,58)59)45(71)27-15-13-11-12-14-16-28-46(72)68(34-40-22-18-24-42(32-40)56(60,61)62)36-44-26-20-30-70(44)52(76)48(54(6,7)8)66-50(74)38(2)64-10/h17-18,21-24,31-32,37-38,43-44,47-48,63-64H,11-16,19-20,25-30,33-36H2,1-10H3,(H,65,73)(H,66,74)/t37-,38-,43-,44-,47+,48+/m0/s1. The summed E-state index contributed by atoms with van der Waals surface area (Å²) in [5.41, 5.74) is -2.38. The lowest BCUT2D eigenvalue weighted by Gasteiger charge is -2.37. The molecule has 0 bridgehead atoms. The molecule has 4 N–H and O–H groups in total. The summed E-state index contributed by atoms with van der Waals surface area (Å²) in [7, 11) is 3.29. The average molecular weight is 1080 g/mol. The average Bonchev–Trinajstić information content (AvgIpc) is 4.02. The van der Waals surface area contributed by atoms with E-state index in [4.69, 9.17) is 0 Å². The molecule has 6 amide bonds. The van der Waals surface area contributed by atoms with E-state index >= 15 is 0 Å². The van der Waals surface area contributed by atoms with E-state index in [0.29, 0.717) is 75.6 Å². The Balaban J connectivity index is 1.40. The van der Waals surface area contributed by atoms with Crippen LogP contribution >= 0.6 is 0 Å². The van der Waals surface area contributed by atoms with Gasteiger partial charge in [0.05, 0.1) is 23.2 Å². The van der Waals surface area contributed by atoms with Crippen molar-refractivity contribution in [2.75, 3.05) is 40.3 Å². The number of halogens is 6. The van der Waals surface area contributed by atoms with Crippen molar-refractivity contribution in [1.29, 1.82) is 0 Å². The van der Waals surface area contributed by atoms with Crippen LogP contribution in [-0.2, 0) is 54.2 Å². The van der Waals surface area contributed by atoms with Gasteiger partial charge in [0.1, 0.15) is 12.1 Å². The van der Waals surface area contributed by atoms with Crippen molar-refractivity contribution >= 4 is 35.4 Å². The van der Waals surface area contributed by atoms with Gasteiger partial charge in [0.25, 0.3) is 0 Å². The van der Waals surface area contributed by atoms with Gasteiger partial charge >= 0.3 is 12.4 Å². The second-order valence-corrected chi connectivity index (χ2v) is 22.9. The van der Waals surface area contributed by atoms with Gasteiger partial charge in [-0.2, -0.15) is 26.3 Å². The number of carbonyl (C=O) groups excluding carboxylic acids is 6. The minimum absolute atomic E-state index is 0.0956. The Morgan fingerprint density at radius 2 is 0.908 bits per heavy atom. The van der Waals surface area contributed by atoms with Gasteiger partial charge in [0, 0.05) is 64.2 Å². The predicted molar refractivity (Wildman–Crippen MR) is 280 cm³/mol. The Bertz CT molecular complexity index is 2110. The SMILES string of the molecule is CN[C@@H](C)C(=O)N[C@H](C(=O)N1CCC[C@H]1CN(Cc1cccc(C(F)(F)F)c1)C(=O)CCCCCCCCC(=O)N(Cc1cccc(C(F)(F)F)c1)C[C@@H]1CCCN1C(=O)[C@@H](NC(=O)[C@H](C)NC)C(C)(C)C)C(C)(C)C. The third-order valence-corrected chi connectivity index (χ3v) is 14.6. The van der Waals surface area contributed by atoms with E-state index in [9.17, 15) is 55.1 Å². The lowest BCUT2D eigenvalue weighted by atomic mass is 9.85. The summed E-state index contributed by atoms with van der Waals surface area (Å²) in [5.74, 6) is -1.79. The van der Waals surface area contributed by atoms with Crippen LogP contribution in [0.15, 0.2) is 48.5 Å². The maximum Gasteiger partial charge on any atom is 0.416 e. The molecular weight excluding hydrogens is 995 g/mol. The van der Waals surface area contributed by atoms with Gasteiger partial charge in [-0.3, -0.25) is 28.8 Å². The Hall–Kier alpha value is -5.24. The topological polar surface area (TPSA) is 163 Å². The van der Waals surface area contributed by atoms with E-state index in [1.165, 1.54) is 21.9 Å². The normalized spacial score (nSPS) is 17.9. The Labute approximate surface area is 446 Å². The monoisotopic (exact) mass is 1080 g/mol. The molecule has 426 valence electrons. The molecule has 0 unspecified atom stereocenters. The van der Waals surface area contributed by atoms with Crippen molar-refractivity contribution < 1.29 is 55.1 Å². The molecule has 2 heterocycles. The van der Waals surface area contributed by atoms with E-state index in [-0.39, 0.29) is 74.5 Å². The van der Waals surface area contributed by atoms with Crippen LogP contribution in [0.4, 0.5) is 26.3 Å². The van der Waals surface area contributed by atoms with Gasteiger partial charge in [-0.25, -0.2) is 0 Å². The molecule has 2 aliphatic rings. The van der Waals surface area contributed by atoms with Crippen LogP contribution in [0.5, 0.6) is 0 Å². The largest absolute Gasteiger partial charge is 0.416 e. The van der Waals surface area contributed by atoms with Gasteiger partial charge in [0.2, 0.25) is 35.4 Å². The number of nitrogens with one attached hydrogen (secondary N) is 4. The quantitative estimate of drug-likeness (QED) is 0.0569. The van der Waals surface area contributed by atoms with Crippen LogP contribution in [0.1, 0.15) is 155 Å². The van der Waals surface area contributed by atoms with E-state index in [0.717, 1.165) is 37.1 Å². The number of carbonyl (C=O) groups is 6. The summed E-state index contributed by atoms with van der Waals surface area (Å²) in [5, 5.41) is 11.6. The first kappa shape index (κ1) is 63.3. The maximum absolute atomic E-state index is 14.2. The number of hydrogen-bond acceptors (Lipinski definition) is 8. The van der Waals surface area contributed by atoms with Crippen LogP contribution in [0.3, 0.4) is 0 Å².